The van der Waals surface area contributed by atoms with Gasteiger partial charge in [-0.3, -0.25) is 9.78 Å². The summed E-state index contributed by atoms with van der Waals surface area (Å²) in [6.45, 7) is 3.35. The molecule has 2 aromatic rings. The molecule has 2 aromatic heterocycles. The van der Waals surface area contributed by atoms with Crippen LogP contribution in [0.25, 0.3) is 0 Å². The Kier molecular flexibility index (Phi) is 4.64. The highest BCUT2D eigenvalue weighted by molar-refractivity contribution is 7.17. The van der Waals surface area contributed by atoms with Gasteiger partial charge in [-0.1, -0.05) is 17.4 Å². The third-order valence-electron chi connectivity index (χ3n) is 2.85. The fraction of sp³-hybridized carbons (Fsp3) is 0.286. The van der Waals surface area contributed by atoms with E-state index in [1.165, 1.54) is 14.0 Å². The van der Waals surface area contributed by atoms with Crippen molar-refractivity contribution in [2.24, 2.45) is 0 Å². The molecule has 0 bridgehead atoms. The van der Waals surface area contributed by atoms with Crippen LogP contribution >= 0.6 is 11.3 Å². The summed E-state index contributed by atoms with van der Waals surface area (Å²) in [6.07, 6.45) is 3.45. The van der Waals surface area contributed by atoms with Gasteiger partial charge in [0.25, 0.3) is 0 Å². The topological polar surface area (TPSA) is 81.2 Å². The Morgan fingerprint density at radius 2 is 2.19 bits per heavy atom. The molecule has 1 unspecified atom stereocenters. The molecule has 7 heteroatoms. The molecule has 0 radical (unpaired) electrons. The van der Waals surface area contributed by atoms with Crippen LogP contribution in [0, 0.1) is 0 Å². The van der Waals surface area contributed by atoms with E-state index < -0.39 is 5.97 Å². The molecule has 0 spiro atoms. The minimum absolute atomic E-state index is 0.0462. The molecule has 1 N–H and O–H groups in total. The number of aromatic nitrogens is 2. The molecule has 6 nitrogen and oxygen atoms in total. The standard InChI is InChI=1S/C14H15N3O3S/c1-8(10-5-4-6-15-7-10)16-14-17-11(13(19)20-3)12(21-14)9(2)18/h4-8H,1-3H3,(H,16,17). The predicted octanol–water partition coefficient (Wildman–Crippen LogP) is 2.70. The lowest BCUT2D eigenvalue weighted by Gasteiger charge is -2.12. The molecule has 1 atom stereocenters. The van der Waals surface area contributed by atoms with Gasteiger partial charge in [-0.05, 0) is 18.6 Å². The Hall–Kier alpha value is -2.28. The Morgan fingerprint density at radius 1 is 1.43 bits per heavy atom. The molecule has 0 aromatic carbocycles. The van der Waals surface area contributed by atoms with Crippen molar-refractivity contribution in [3.63, 3.8) is 0 Å². The van der Waals surface area contributed by atoms with Gasteiger partial charge in [0.15, 0.2) is 16.6 Å². The molecule has 2 rings (SSSR count). The van der Waals surface area contributed by atoms with E-state index in [1.807, 2.05) is 19.1 Å². The van der Waals surface area contributed by atoms with Crippen molar-refractivity contribution in [1.29, 1.82) is 0 Å². The van der Waals surface area contributed by atoms with Crippen molar-refractivity contribution in [2.45, 2.75) is 19.9 Å². The number of nitrogens with zero attached hydrogens (tertiary/aromatic N) is 2. The summed E-state index contributed by atoms with van der Waals surface area (Å²) in [7, 11) is 1.26. The normalized spacial score (nSPS) is 11.8. The summed E-state index contributed by atoms with van der Waals surface area (Å²) in [4.78, 5) is 31.7. The van der Waals surface area contributed by atoms with Crippen LogP contribution in [0.5, 0.6) is 0 Å². The maximum absolute atomic E-state index is 11.6. The Balaban J connectivity index is 2.25. The lowest BCUT2D eigenvalue weighted by atomic mass is 10.1. The van der Waals surface area contributed by atoms with Crippen molar-refractivity contribution in [2.75, 3.05) is 12.4 Å². The molecule has 21 heavy (non-hydrogen) atoms. The van der Waals surface area contributed by atoms with Gasteiger partial charge in [-0.15, -0.1) is 0 Å². The summed E-state index contributed by atoms with van der Waals surface area (Å²) < 4.78 is 4.65. The Labute approximate surface area is 126 Å². The number of hydrogen-bond donors (Lipinski definition) is 1. The first-order valence-electron chi connectivity index (χ1n) is 6.29. The monoisotopic (exact) mass is 305 g/mol. The molecule has 2 heterocycles. The van der Waals surface area contributed by atoms with Crippen LogP contribution in [-0.4, -0.2) is 28.8 Å². The van der Waals surface area contributed by atoms with E-state index >= 15 is 0 Å². The number of esters is 1. The van der Waals surface area contributed by atoms with E-state index in [-0.39, 0.29) is 17.5 Å². The van der Waals surface area contributed by atoms with Crippen molar-refractivity contribution in [3.05, 3.63) is 40.7 Å². The van der Waals surface area contributed by atoms with Crippen LogP contribution in [0.3, 0.4) is 0 Å². The van der Waals surface area contributed by atoms with Crippen LogP contribution in [0.1, 0.15) is 45.6 Å². The third kappa shape index (κ3) is 3.43. The summed E-state index contributed by atoms with van der Waals surface area (Å²) in [5, 5.41) is 3.66. The number of Topliss-reactive ketones (excluding diaryl/α,β-unsaturated/α-hetero) is 1. The highest BCUT2D eigenvalue weighted by Crippen LogP contribution is 2.27. The smallest absolute Gasteiger partial charge is 0.358 e. The van der Waals surface area contributed by atoms with E-state index in [0.717, 1.165) is 16.9 Å². The van der Waals surface area contributed by atoms with Crippen molar-refractivity contribution >= 4 is 28.2 Å². The molecule has 0 fully saturated rings. The summed E-state index contributed by atoms with van der Waals surface area (Å²) in [5.74, 6) is -0.825. The fourth-order valence-electron chi connectivity index (χ4n) is 1.76. The van der Waals surface area contributed by atoms with Gasteiger partial charge in [0.1, 0.15) is 4.88 Å². The zero-order chi connectivity index (χ0) is 15.4. The molecular formula is C14H15N3O3S. The molecule has 0 saturated heterocycles. The van der Waals surface area contributed by atoms with Crippen LogP contribution in [-0.2, 0) is 4.74 Å². The quantitative estimate of drug-likeness (QED) is 0.675. The number of pyridine rings is 1. The van der Waals surface area contributed by atoms with E-state index in [0.29, 0.717) is 10.0 Å². The van der Waals surface area contributed by atoms with E-state index in [4.69, 9.17) is 0 Å². The van der Waals surface area contributed by atoms with Gasteiger partial charge in [0.2, 0.25) is 0 Å². The van der Waals surface area contributed by atoms with Crippen LogP contribution in [0.15, 0.2) is 24.5 Å². The Bertz CT molecular complexity index is 655. The molecule has 0 aliphatic carbocycles. The second-order valence-corrected chi connectivity index (χ2v) is 5.40. The SMILES string of the molecule is COC(=O)c1nc(NC(C)c2cccnc2)sc1C(C)=O. The second kappa shape index (κ2) is 6.45. The predicted molar refractivity (Wildman–Crippen MR) is 79.7 cm³/mol. The van der Waals surface area contributed by atoms with Crippen molar-refractivity contribution in [3.8, 4) is 0 Å². The molecular weight excluding hydrogens is 290 g/mol. The lowest BCUT2D eigenvalue weighted by Crippen LogP contribution is -2.08. The number of ether oxygens (including phenoxy) is 1. The first-order chi connectivity index (χ1) is 10.0. The molecule has 0 amide bonds. The Morgan fingerprint density at radius 3 is 2.76 bits per heavy atom. The van der Waals surface area contributed by atoms with E-state index in [9.17, 15) is 9.59 Å². The van der Waals surface area contributed by atoms with Crippen LogP contribution in [0.2, 0.25) is 0 Å². The van der Waals surface area contributed by atoms with E-state index in [2.05, 4.69) is 20.0 Å². The number of anilines is 1. The first-order valence-corrected chi connectivity index (χ1v) is 7.11. The molecule has 0 saturated carbocycles. The maximum atomic E-state index is 11.6. The minimum atomic E-state index is -0.612. The minimum Gasteiger partial charge on any atom is -0.464 e. The van der Waals surface area contributed by atoms with Crippen LogP contribution in [0.4, 0.5) is 5.13 Å². The first kappa shape index (κ1) is 15.1. The van der Waals surface area contributed by atoms with Gasteiger partial charge < -0.3 is 10.1 Å². The number of rotatable bonds is 5. The average Bonchev–Trinajstić information content (AvgIpc) is 2.91. The number of ketones is 1. The number of carbonyl (C=O) groups is 2. The summed E-state index contributed by atoms with van der Waals surface area (Å²) in [5.41, 5.74) is 1.03. The third-order valence-corrected chi connectivity index (χ3v) is 3.94. The highest BCUT2D eigenvalue weighted by Gasteiger charge is 2.22. The lowest BCUT2D eigenvalue weighted by molar-refractivity contribution is 0.0591. The molecule has 0 aliphatic rings. The zero-order valence-electron chi connectivity index (χ0n) is 11.9. The van der Waals surface area contributed by atoms with Gasteiger partial charge in [-0.2, -0.15) is 0 Å². The average molecular weight is 305 g/mol. The summed E-state index contributed by atoms with van der Waals surface area (Å²) >= 11 is 1.14. The highest BCUT2D eigenvalue weighted by atomic mass is 32.1. The van der Waals surface area contributed by atoms with Crippen molar-refractivity contribution in [1.82, 2.24) is 9.97 Å². The van der Waals surface area contributed by atoms with Gasteiger partial charge in [0.05, 0.1) is 13.2 Å². The zero-order valence-corrected chi connectivity index (χ0v) is 12.7. The van der Waals surface area contributed by atoms with Crippen LogP contribution < -0.4 is 5.32 Å². The molecule has 110 valence electrons. The summed E-state index contributed by atoms with van der Waals surface area (Å²) in [6, 6.07) is 3.73. The van der Waals surface area contributed by atoms with Gasteiger partial charge in [-0.25, -0.2) is 9.78 Å². The van der Waals surface area contributed by atoms with Crippen molar-refractivity contribution < 1.29 is 14.3 Å². The number of hydrogen-bond acceptors (Lipinski definition) is 7. The fourth-order valence-corrected chi connectivity index (χ4v) is 2.69. The number of methoxy groups -OCH3 is 1. The van der Waals surface area contributed by atoms with Gasteiger partial charge in [0, 0.05) is 19.3 Å². The van der Waals surface area contributed by atoms with E-state index in [1.54, 1.807) is 12.4 Å². The molecule has 0 aliphatic heterocycles. The maximum Gasteiger partial charge on any atom is 0.358 e. The van der Waals surface area contributed by atoms with Gasteiger partial charge >= 0.3 is 5.97 Å². The second-order valence-electron chi connectivity index (χ2n) is 4.40. The number of thiazole rings is 1. The number of carbonyl (C=O) groups excluding carboxylic acids is 2. The number of nitrogens with one attached hydrogen (secondary N) is 1. The largest absolute Gasteiger partial charge is 0.464 e.